The van der Waals surface area contributed by atoms with Gasteiger partial charge in [0, 0.05) is 29.9 Å². The molecule has 15 heavy (non-hydrogen) atoms. The monoisotopic (exact) mass is 195 g/mol. The molecule has 0 radical (unpaired) electrons. The molecule has 74 valence electrons. The van der Waals surface area contributed by atoms with Gasteiger partial charge in [-0.1, -0.05) is 6.07 Å². The molecule has 1 aliphatic carbocycles. The number of hydrogen-bond donors (Lipinski definition) is 0. The third kappa shape index (κ3) is 0.944. The molecule has 0 bridgehead atoms. The maximum Gasteiger partial charge on any atom is 0.141 e. The van der Waals surface area contributed by atoms with Gasteiger partial charge in [-0.2, -0.15) is 0 Å². The van der Waals surface area contributed by atoms with E-state index in [0.717, 1.165) is 0 Å². The third-order valence-corrected chi connectivity index (χ3v) is 3.92. The van der Waals surface area contributed by atoms with E-state index in [1.165, 1.54) is 27.8 Å². The molecule has 2 aromatic rings. The Kier molecular flexibility index (Phi) is 1.52. The van der Waals surface area contributed by atoms with Crippen LogP contribution in [0.4, 0.5) is 0 Å². The van der Waals surface area contributed by atoms with Crippen molar-refractivity contribution in [1.29, 1.82) is 0 Å². The first kappa shape index (κ1) is 8.84. The van der Waals surface area contributed by atoms with Crippen molar-refractivity contribution < 1.29 is 0 Å². The normalized spacial score (nSPS) is 17.4. The van der Waals surface area contributed by atoms with Gasteiger partial charge >= 0.3 is 0 Å². The molecule has 0 heteroatoms. The molecule has 0 N–H and O–H groups in total. The average Bonchev–Trinajstić information content (AvgIpc) is 2.43. The standard InChI is InChI=1S/C15H15/c1-10-12-8-4-6-11-7-5-9-13(14(11)12)15(10,2)3/h4-9H,1-3H3/q+1. The van der Waals surface area contributed by atoms with Gasteiger partial charge in [-0.3, -0.25) is 0 Å². The van der Waals surface area contributed by atoms with Crippen LogP contribution in [0, 0.1) is 5.92 Å². The van der Waals surface area contributed by atoms with Crippen molar-refractivity contribution >= 4 is 10.8 Å². The predicted molar refractivity (Wildman–Crippen MR) is 65.0 cm³/mol. The molecule has 0 heterocycles. The fourth-order valence-corrected chi connectivity index (χ4v) is 2.71. The number of benzene rings is 2. The summed E-state index contributed by atoms with van der Waals surface area (Å²) < 4.78 is 0. The number of rotatable bonds is 0. The van der Waals surface area contributed by atoms with Crippen molar-refractivity contribution in [2.45, 2.75) is 26.2 Å². The highest BCUT2D eigenvalue weighted by molar-refractivity contribution is 5.95. The van der Waals surface area contributed by atoms with Crippen LogP contribution in [0.1, 0.15) is 31.9 Å². The van der Waals surface area contributed by atoms with E-state index in [0.29, 0.717) is 0 Å². The quantitative estimate of drug-likeness (QED) is 0.556. The first-order valence-electron chi connectivity index (χ1n) is 5.49. The summed E-state index contributed by atoms with van der Waals surface area (Å²) in [5, 5.41) is 2.83. The molecule has 0 aromatic heterocycles. The second-order valence-corrected chi connectivity index (χ2v) is 4.96. The van der Waals surface area contributed by atoms with E-state index in [9.17, 15) is 0 Å². The van der Waals surface area contributed by atoms with Gasteiger partial charge in [0.05, 0.1) is 10.8 Å². The van der Waals surface area contributed by atoms with E-state index in [2.05, 4.69) is 57.2 Å². The molecule has 0 spiro atoms. The zero-order valence-electron chi connectivity index (χ0n) is 9.46. The fraction of sp³-hybridized carbons (Fsp3) is 0.267. The summed E-state index contributed by atoms with van der Waals surface area (Å²) in [6.07, 6.45) is 0. The Morgan fingerprint density at radius 1 is 1.00 bits per heavy atom. The van der Waals surface area contributed by atoms with Crippen LogP contribution in [0.5, 0.6) is 0 Å². The summed E-state index contributed by atoms with van der Waals surface area (Å²) >= 11 is 0. The molecule has 2 aromatic carbocycles. The van der Waals surface area contributed by atoms with Crippen molar-refractivity contribution in [1.82, 2.24) is 0 Å². The minimum atomic E-state index is 0.198. The van der Waals surface area contributed by atoms with E-state index in [4.69, 9.17) is 0 Å². The molecule has 0 fully saturated rings. The van der Waals surface area contributed by atoms with E-state index < -0.39 is 0 Å². The molecule has 1 aliphatic rings. The SMILES string of the molecule is C[C+]1c2cccc3cccc(c23)C1(C)C. The summed E-state index contributed by atoms with van der Waals surface area (Å²) in [7, 11) is 0. The zero-order valence-corrected chi connectivity index (χ0v) is 9.46. The highest BCUT2D eigenvalue weighted by Gasteiger charge is 2.44. The molecule has 0 amide bonds. The average molecular weight is 195 g/mol. The van der Waals surface area contributed by atoms with Crippen LogP contribution in [-0.4, -0.2) is 0 Å². The second-order valence-electron chi connectivity index (χ2n) is 4.96. The molecule has 0 aliphatic heterocycles. The molecule has 3 rings (SSSR count). The van der Waals surface area contributed by atoms with Gasteiger partial charge in [-0.15, -0.1) is 0 Å². The van der Waals surface area contributed by atoms with Gasteiger partial charge in [0.15, 0.2) is 0 Å². The van der Waals surface area contributed by atoms with Crippen LogP contribution >= 0.6 is 0 Å². The summed E-state index contributed by atoms with van der Waals surface area (Å²) in [6, 6.07) is 13.3. The van der Waals surface area contributed by atoms with Gasteiger partial charge in [0.2, 0.25) is 0 Å². The maximum atomic E-state index is 2.32. The first-order chi connectivity index (χ1) is 7.12. The Balaban J connectivity index is 2.51. The summed E-state index contributed by atoms with van der Waals surface area (Å²) in [6.45, 7) is 6.89. The smallest absolute Gasteiger partial charge is 0.0589 e. The lowest BCUT2D eigenvalue weighted by molar-refractivity contribution is 0.585. The van der Waals surface area contributed by atoms with E-state index in [1.54, 1.807) is 0 Å². The molecule has 0 atom stereocenters. The lowest BCUT2D eigenvalue weighted by atomic mass is 9.78. The molecule has 0 saturated heterocycles. The van der Waals surface area contributed by atoms with Crippen molar-refractivity contribution in [3.05, 3.63) is 53.4 Å². The highest BCUT2D eigenvalue weighted by atomic mass is 14.4. The predicted octanol–water partition coefficient (Wildman–Crippen LogP) is 4.07. The van der Waals surface area contributed by atoms with Crippen LogP contribution in [0.3, 0.4) is 0 Å². The molecular weight excluding hydrogens is 180 g/mol. The Bertz CT molecular complexity index is 529. The second kappa shape index (κ2) is 2.57. The van der Waals surface area contributed by atoms with Crippen molar-refractivity contribution in [3.8, 4) is 0 Å². The van der Waals surface area contributed by atoms with Gasteiger partial charge in [-0.25, -0.2) is 0 Å². The maximum absolute atomic E-state index is 2.32. The van der Waals surface area contributed by atoms with Gasteiger partial charge in [0.25, 0.3) is 0 Å². The summed E-state index contributed by atoms with van der Waals surface area (Å²) in [5.41, 5.74) is 3.12. The van der Waals surface area contributed by atoms with Crippen LogP contribution in [0.25, 0.3) is 10.8 Å². The summed E-state index contributed by atoms with van der Waals surface area (Å²) in [5.74, 6) is 1.49. The Morgan fingerprint density at radius 3 is 2.40 bits per heavy atom. The summed E-state index contributed by atoms with van der Waals surface area (Å²) in [4.78, 5) is 0. The zero-order chi connectivity index (χ0) is 10.6. The lowest BCUT2D eigenvalue weighted by Gasteiger charge is -2.19. The van der Waals surface area contributed by atoms with E-state index in [1.807, 2.05) is 0 Å². The highest BCUT2D eigenvalue weighted by Crippen LogP contribution is 2.49. The van der Waals surface area contributed by atoms with Crippen LogP contribution in [0.15, 0.2) is 36.4 Å². The van der Waals surface area contributed by atoms with Gasteiger partial charge in [-0.05, 0) is 38.1 Å². The first-order valence-corrected chi connectivity index (χ1v) is 5.49. The Labute approximate surface area is 90.9 Å². The molecule has 0 nitrogen and oxygen atoms in total. The van der Waals surface area contributed by atoms with Crippen molar-refractivity contribution in [2.75, 3.05) is 0 Å². The van der Waals surface area contributed by atoms with Crippen LogP contribution in [-0.2, 0) is 5.41 Å². The van der Waals surface area contributed by atoms with Gasteiger partial charge in [0.1, 0.15) is 5.56 Å². The van der Waals surface area contributed by atoms with Crippen LogP contribution in [0.2, 0.25) is 0 Å². The minimum Gasteiger partial charge on any atom is -0.0589 e. The number of hydrogen-bond acceptors (Lipinski definition) is 0. The Hall–Kier alpha value is -1.43. The molecule has 0 saturated carbocycles. The van der Waals surface area contributed by atoms with Crippen molar-refractivity contribution in [2.24, 2.45) is 0 Å². The van der Waals surface area contributed by atoms with Gasteiger partial charge < -0.3 is 0 Å². The minimum absolute atomic E-state index is 0.198. The van der Waals surface area contributed by atoms with Crippen LogP contribution < -0.4 is 0 Å². The Morgan fingerprint density at radius 2 is 1.67 bits per heavy atom. The van der Waals surface area contributed by atoms with E-state index >= 15 is 0 Å². The largest absolute Gasteiger partial charge is 0.141 e. The lowest BCUT2D eigenvalue weighted by Crippen LogP contribution is -2.20. The molecule has 0 unspecified atom stereocenters. The van der Waals surface area contributed by atoms with Crippen molar-refractivity contribution in [3.63, 3.8) is 0 Å². The fourth-order valence-electron chi connectivity index (χ4n) is 2.71. The molecular formula is C15H15+. The topological polar surface area (TPSA) is 0 Å². The third-order valence-electron chi connectivity index (χ3n) is 3.92. The van der Waals surface area contributed by atoms with E-state index in [-0.39, 0.29) is 5.41 Å².